The number of hydrogen-bond acceptors (Lipinski definition) is 5. The second-order valence-corrected chi connectivity index (χ2v) is 8.37. The Kier molecular flexibility index (Phi) is 4.53. The van der Waals surface area contributed by atoms with Crippen molar-refractivity contribution in [2.75, 3.05) is 6.54 Å². The molecule has 4 rings (SSSR count). The molecule has 2 aromatic carbocycles. The third-order valence-electron chi connectivity index (χ3n) is 4.67. The Hall–Kier alpha value is -2.58. The standard InChI is InChI=1S/C19H18FN3O3S/c1-13-21-22-19(26-13)15-4-2-5-17(12-15)27(24,25)23-11-3-6-18(23)14-7-9-16(20)10-8-14/h2,4-5,7-10,12,18H,3,6,11H2,1H3/t18-/m0/s1. The molecule has 1 aromatic heterocycles. The summed E-state index contributed by atoms with van der Waals surface area (Å²) in [4.78, 5) is 0.171. The monoisotopic (exact) mass is 387 g/mol. The van der Waals surface area contributed by atoms with Crippen LogP contribution in [0.5, 0.6) is 0 Å². The Labute approximate surface area is 156 Å². The molecular formula is C19H18FN3O3S. The van der Waals surface area contributed by atoms with Crippen molar-refractivity contribution in [3.05, 3.63) is 65.8 Å². The zero-order valence-electron chi connectivity index (χ0n) is 14.7. The fourth-order valence-corrected chi connectivity index (χ4v) is 5.11. The first kappa shape index (κ1) is 17.8. The molecule has 0 aliphatic carbocycles. The maximum absolute atomic E-state index is 13.3. The fourth-order valence-electron chi connectivity index (χ4n) is 3.38. The number of aryl methyl sites for hydroxylation is 1. The predicted molar refractivity (Wildman–Crippen MR) is 96.7 cm³/mol. The lowest BCUT2D eigenvalue weighted by atomic mass is 10.1. The summed E-state index contributed by atoms with van der Waals surface area (Å²) in [6, 6.07) is 12.2. The van der Waals surface area contributed by atoms with Crippen molar-refractivity contribution in [3.63, 3.8) is 0 Å². The minimum absolute atomic E-state index is 0.171. The van der Waals surface area contributed by atoms with Crippen LogP contribution in [0.15, 0.2) is 57.8 Å². The summed E-state index contributed by atoms with van der Waals surface area (Å²) in [5.74, 6) is 0.351. The number of halogens is 1. The van der Waals surface area contributed by atoms with Crippen molar-refractivity contribution in [1.82, 2.24) is 14.5 Å². The van der Waals surface area contributed by atoms with E-state index in [1.54, 1.807) is 43.3 Å². The van der Waals surface area contributed by atoms with Gasteiger partial charge in [0.1, 0.15) is 5.82 Å². The fraction of sp³-hybridized carbons (Fsp3) is 0.263. The van der Waals surface area contributed by atoms with E-state index in [1.807, 2.05) is 0 Å². The van der Waals surface area contributed by atoms with Crippen LogP contribution in [0.3, 0.4) is 0 Å². The molecule has 3 aromatic rings. The van der Waals surface area contributed by atoms with Crippen LogP contribution < -0.4 is 0 Å². The van der Waals surface area contributed by atoms with Gasteiger partial charge in [0.05, 0.1) is 10.9 Å². The highest BCUT2D eigenvalue weighted by Crippen LogP contribution is 2.37. The highest BCUT2D eigenvalue weighted by molar-refractivity contribution is 7.89. The topological polar surface area (TPSA) is 76.3 Å². The Balaban J connectivity index is 1.69. The number of nitrogens with zero attached hydrogens (tertiary/aromatic N) is 3. The normalized spacial score (nSPS) is 18.1. The molecule has 1 fully saturated rings. The van der Waals surface area contributed by atoms with E-state index in [-0.39, 0.29) is 22.6 Å². The zero-order valence-corrected chi connectivity index (χ0v) is 15.5. The quantitative estimate of drug-likeness (QED) is 0.682. The maximum atomic E-state index is 13.3. The van der Waals surface area contributed by atoms with Gasteiger partial charge in [0, 0.05) is 19.0 Å². The highest BCUT2D eigenvalue weighted by atomic mass is 32.2. The molecule has 0 unspecified atom stereocenters. The molecule has 1 aliphatic rings. The van der Waals surface area contributed by atoms with E-state index >= 15 is 0 Å². The van der Waals surface area contributed by atoms with Crippen LogP contribution in [0.4, 0.5) is 4.39 Å². The third kappa shape index (κ3) is 3.38. The molecule has 2 heterocycles. The predicted octanol–water partition coefficient (Wildman–Crippen LogP) is 3.71. The van der Waals surface area contributed by atoms with E-state index < -0.39 is 10.0 Å². The molecule has 8 heteroatoms. The van der Waals surface area contributed by atoms with Crippen LogP contribution in [0.2, 0.25) is 0 Å². The van der Waals surface area contributed by atoms with Crippen molar-refractivity contribution in [3.8, 4) is 11.5 Å². The first-order chi connectivity index (χ1) is 12.9. The number of hydrogen-bond donors (Lipinski definition) is 0. The highest BCUT2D eigenvalue weighted by Gasteiger charge is 2.36. The van der Waals surface area contributed by atoms with E-state index in [1.165, 1.54) is 16.4 Å². The summed E-state index contributed by atoms with van der Waals surface area (Å²) in [6.45, 7) is 2.10. The van der Waals surface area contributed by atoms with Crippen LogP contribution in [0, 0.1) is 12.7 Å². The lowest BCUT2D eigenvalue weighted by molar-refractivity contribution is 0.396. The van der Waals surface area contributed by atoms with Crippen LogP contribution in [-0.4, -0.2) is 29.5 Å². The van der Waals surface area contributed by atoms with Gasteiger partial charge in [-0.1, -0.05) is 18.2 Å². The van der Waals surface area contributed by atoms with Crippen molar-refractivity contribution < 1.29 is 17.2 Å². The molecule has 0 saturated carbocycles. The van der Waals surface area contributed by atoms with E-state index in [2.05, 4.69) is 10.2 Å². The molecule has 0 N–H and O–H groups in total. The minimum atomic E-state index is -3.72. The van der Waals surface area contributed by atoms with Crippen molar-refractivity contribution in [2.45, 2.75) is 30.7 Å². The second kappa shape index (κ2) is 6.86. The number of sulfonamides is 1. The Morgan fingerprint density at radius 2 is 1.93 bits per heavy atom. The SMILES string of the molecule is Cc1nnc(-c2cccc(S(=O)(=O)N3CCC[C@H]3c3ccc(F)cc3)c2)o1. The molecule has 0 amide bonds. The van der Waals surface area contributed by atoms with Crippen LogP contribution >= 0.6 is 0 Å². The molecule has 0 spiro atoms. The molecule has 1 aliphatic heterocycles. The molecule has 0 radical (unpaired) electrons. The average molecular weight is 387 g/mol. The molecule has 1 atom stereocenters. The Morgan fingerprint density at radius 3 is 2.63 bits per heavy atom. The first-order valence-corrected chi connectivity index (χ1v) is 10.1. The molecular weight excluding hydrogens is 369 g/mol. The van der Waals surface area contributed by atoms with Gasteiger partial charge in [-0.25, -0.2) is 12.8 Å². The maximum Gasteiger partial charge on any atom is 0.247 e. The van der Waals surface area contributed by atoms with Gasteiger partial charge in [0.2, 0.25) is 21.8 Å². The minimum Gasteiger partial charge on any atom is -0.421 e. The molecule has 1 saturated heterocycles. The van der Waals surface area contributed by atoms with E-state index in [9.17, 15) is 12.8 Å². The van der Waals surface area contributed by atoms with Gasteiger partial charge in [-0.2, -0.15) is 4.31 Å². The van der Waals surface area contributed by atoms with Gasteiger partial charge >= 0.3 is 0 Å². The zero-order chi connectivity index (χ0) is 19.0. The van der Waals surface area contributed by atoms with Crippen LogP contribution in [0.1, 0.15) is 30.3 Å². The number of rotatable bonds is 4. The van der Waals surface area contributed by atoms with Crippen LogP contribution in [-0.2, 0) is 10.0 Å². The van der Waals surface area contributed by atoms with Crippen molar-refractivity contribution in [1.29, 1.82) is 0 Å². The number of benzene rings is 2. The largest absolute Gasteiger partial charge is 0.421 e. The summed E-state index contributed by atoms with van der Waals surface area (Å²) in [6.07, 6.45) is 1.46. The third-order valence-corrected chi connectivity index (χ3v) is 6.58. The van der Waals surface area contributed by atoms with Gasteiger partial charge in [0.15, 0.2) is 0 Å². The van der Waals surface area contributed by atoms with E-state index in [4.69, 9.17) is 4.42 Å². The molecule has 140 valence electrons. The number of aromatic nitrogens is 2. The second-order valence-electron chi connectivity index (χ2n) is 6.48. The van der Waals surface area contributed by atoms with Gasteiger partial charge in [-0.05, 0) is 48.7 Å². The molecule has 0 bridgehead atoms. The summed E-state index contributed by atoms with van der Waals surface area (Å²) in [5, 5.41) is 7.73. The van der Waals surface area contributed by atoms with Gasteiger partial charge in [0.25, 0.3) is 0 Å². The van der Waals surface area contributed by atoms with Gasteiger partial charge < -0.3 is 4.42 Å². The van der Waals surface area contributed by atoms with Crippen molar-refractivity contribution >= 4 is 10.0 Å². The summed E-state index contributed by atoms with van der Waals surface area (Å²) in [7, 11) is -3.72. The lowest BCUT2D eigenvalue weighted by Crippen LogP contribution is -2.30. The summed E-state index contributed by atoms with van der Waals surface area (Å²) < 4.78 is 46.6. The molecule has 27 heavy (non-hydrogen) atoms. The van der Waals surface area contributed by atoms with E-state index in [0.717, 1.165) is 12.0 Å². The van der Waals surface area contributed by atoms with Gasteiger partial charge in [-0.3, -0.25) is 0 Å². The van der Waals surface area contributed by atoms with Crippen LogP contribution in [0.25, 0.3) is 11.5 Å². The average Bonchev–Trinajstić information content (AvgIpc) is 3.32. The van der Waals surface area contributed by atoms with Crippen molar-refractivity contribution in [2.24, 2.45) is 0 Å². The summed E-state index contributed by atoms with van der Waals surface area (Å²) in [5.41, 5.74) is 1.34. The lowest BCUT2D eigenvalue weighted by Gasteiger charge is -2.24. The smallest absolute Gasteiger partial charge is 0.247 e. The first-order valence-electron chi connectivity index (χ1n) is 8.63. The molecule has 6 nitrogen and oxygen atoms in total. The van der Waals surface area contributed by atoms with Gasteiger partial charge in [-0.15, -0.1) is 10.2 Å². The van der Waals surface area contributed by atoms with E-state index in [0.29, 0.717) is 24.4 Å². The Bertz CT molecular complexity index is 1060. The Morgan fingerprint density at radius 1 is 1.15 bits per heavy atom. The summed E-state index contributed by atoms with van der Waals surface area (Å²) >= 11 is 0.